The summed E-state index contributed by atoms with van der Waals surface area (Å²) in [5.74, 6) is 0.483. The van der Waals surface area contributed by atoms with Gasteiger partial charge in [0.25, 0.3) is 0 Å². The number of carbonyl (C=O) groups is 1. The van der Waals surface area contributed by atoms with E-state index < -0.39 is 0 Å². The molecule has 0 bridgehead atoms. The average molecular weight is 313 g/mol. The number of nitrogens with zero attached hydrogens (tertiary/aromatic N) is 3. The monoisotopic (exact) mass is 312 g/mol. The van der Waals surface area contributed by atoms with Crippen molar-refractivity contribution in [2.45, 2.75) is 40.7 Å². The lowest BCUT2D eigenvalue weighted by Gasteiger charge is -2.38. The standard InChI is InChI=1S/C17H36N4O/c1-14(2)11-21(13-17(3,4)5)16(22)18-10-15-12-19(6)8-9-20(15)7/h14-15H,8-13H2,1-7H3,(H,18,22)/t15-/m1/s1. The lowest BCUT2D eigenvalue weighted by molar-refractivity contribution is 0.110. The van der Waals surface area contributed by atoms with Crippen molar-refractivity contribution in [1.29, 1.82) is 0 Å². The molecule has 0 saturated carbocycles. The van der Waals surface area contributed by atoms with Crippen LogP contribution in [0.1, 0.15) is 34.6 Å². The zero-order valence-electron chi connectivity index (χ0n) is 15.6. The number of rotatable bonds is 5. The number of hydrogen-bond acceptors (Lipinski definition) is 3. The first-order chi connectivity index (χ1) is 10.1. The number of urea groups is 1. The van der Waals surface area contributed by atoms with Crippen LogP contribution in [0.4, 0.5) is 4.79 Å². The lowest BCUT2D eigenvalue weighted by atomic mass is 9.96. The molecule has 1 fully saturated rings. The van der Waals surface area contributed by atoms with Crippen molar-refractivity contribution in [2.75, 3.05) is 53.4 Å². The summed E-state index contributed by atoms with van der Waals surface area (Å²) < 4.78 is 0. The number of likely N-dealkylation sites (N-methyl/N-ethyl adjacent to an activating group) is 2. The normalized spacial score (nSPS) is 21.2. The van der Waals surface area contributed by atoms with Crippen LogP contribution in [0.15, 0.2) is 0 Å². The molecule has 0 aromatic rings. The van der Waals surface area contributed by atoms with Crippen molar-refractivity contribution in [2.24, 2.45) is 11.3 Å². The zero-order chi connectivity index (χ0) is 16.9. The Bertz CT molecular complexity index is 351. The second-order valence-electron chi connectivity index (χ2n) is 8.42. The molecule has 5 nitrogen and oxygen atoms in total. The lowest BCUT2D eigenvalue weighted by Crippen LogP contribution is -2.56. The molecular weight excluding hydrogens is 276 g/mol. The third-order valence-corrected chi connectivity index (χ3v) is 4.01. The number of hydrogen-bond donors (Lipinski definition) is 1. The molecule has 0 aromatic heterocycles. The summed E-state index contributed by atoms with van der Waals surface area (Å²) in [4.78, 5) is 19.2. The van der Waals surface area contributed by atoms with Crippen molar-refractivity contribution in [3.63, 3.8) is 0 Å². The van der Waals surface area contributed by atoms with Crippen LogP contribution in [-0.2, 0) is 0 Å². The third kappa shape index (κ3) is 6.97. The maximum Gasteiger partial charge on any atom is 0.317 e. The molecule has 0 aromatic carbocycles. The van der Waals surface area contributed by atoms with Crippen LogP contribution in [0.3, 0.4) is 0 Å². The molecule has 1 N–H and O–H groups in total. The molecule has 1 atom stereocenters. The number of nitrogens with one attached hydrogen (secondary N) is 1. The molecular formula is C17H36N4O. The van der Waals surface area contributed by atoms with Crippen LogP contribution in [0.2, 0.25) is 0 Å². The van der Waals surface area contributed by atoms with Crippen LogP contribution < -0.4 is 5.32 Å². The average Bonchev–Trinajstić information content (AvgIpc) is 2.36. The van der Waals surface area contributed by atoms with E-state index in [2.05, 4.69) is 63.8 Å². The first kappa shape index (κ1) is 19.2. The van der Waals surface area contributed by atoms with E-state index >= 15 is 0 Å². The molecule has 5 heteroatoms. The number of amides is 2. The van der Waals surface area contributed by atoms with Gasteiger partial charge in [-0.1, -0.05) is 34.6 Å². The molecule has 0 spiro atoms. The van der Waals surface area contributed by atoms with Gasteiger partial charge >= 0.3 is 6.03 Å². The highest BCUT2D eigenvalue weighted by atomic mass is 16.2. The maximum atomic E-state index is 12.6. The predicted octanol–water partition coefficient (Wildman–Crippen LogP) is 1.95. The Morgan fingerprint density at radius 1 is 1.27 bits per heavy atom. The van der Waals surface area contributed by atoms with Crippen LogP contribution in [0.5, 0.6) is 0 Å². The number of piperazine rings is 1. The topological polar surface area (TPSA) is 38.8 Å². The van der Waals surface area contributed by atoms with Crippen LogP contribution >= 0.6 is 0 Å². The fourth-order valence-corrected chi connectivity index (χ4v) is 2.87. The molecule has 1 aliphatic heterocycles. The molecule has 0 radical (unpaired) electrons. The van der Waals surface area contributed by atoms with Crippen LogP contribution in [-0.4, -0.2) is 80.1 Å². The Balaban J connectivity index is 2.54. The first-order valence-electron chi connectivity index (χ1n) is 8.50. The van der Waals surface area contributed by atoms with Gasteiger partial charge in [0.05, 0.1) is 0 Å². The molecule has 1 rings (SSSR count). The summed E-state index contributed by atoms with van der Waals surface area (Å²) in [7, 11) is 4.29. The Labute approximate surface area is 137 Å². The highest BCUT2D eigenvalue weighted by Gasteiger charge is 2.25. The summed E-state index contributed by atoms with van der Waals surface area (Å²) in [5.41, 5.74) is 0.119. The van der Waals surface area contributed by atoms with Gasteiger partial charge in [-0.2, -0.15) is 0 Å². The van der Waals surface area contributed by atoms with Gasteiger partial charge in [-0.25, -0.2) is 4.79 Å². The molecule has 2 amide bonds. The SMILES string of the molecule is CC(C)CN(CC(C)(C)C)C(=O)NC[C@@H]1CN(C)CCN1C. The summed E-state index contributed by atoms with van der Waals surface area (Å²) in [5, 5.41) is 3.15. The molecule has 1 saturated heterocycles. The van der Waals surface area contributed by atoms with Gasteiger partial charge < -0.3 is 15.1 Å². The van der Waals surface area contributed by atoms with E-state index in [1.165, 1.54) is 0 Å². The van der Waals surface area contributed by atoms with Gasteiger partial charge in [-0.3, -0.25) is 4.90 Å². The van der Waals surface area contributed by atoms with Crippen molar-refractivity contribution < 1.29 is 4.79 Å². The van der Waals surface area contributed by atoms with Gasteiger partial charge in [0, 0.05) is 45.3 Å². The van der Waals surface area contributed by atoms with E-state index in [0.717, 1.165) is 39.3 Å². The minimum atomic E-state index is 0.0743. The van der Waals surface area contributed by atoms with E-state index in [4.69, 9.17) is 0 Å². The Morgan fingerprint density at radius 2 is 1.91 bits per heavy atom. The molecule has 22 heavy (non-hydrogen) atoms. The van der Waals surface area contributed by atoms with Gasteiger partial charge in [-0.05, 0) is 25.4 Å². The van der Waals surface area contributed by atoms with Crippen molar-refractivity contribution in [3.8, 4) is 0 Å². The van der Waals surface area contributed by atoms with E-state index in [0.29, 0.717) is 12.0 Å². The largest absolute Gasteiger partial charge is 0.336 e. The van der Waals surface area contributed by atoms with Crippen LogP contribution in [0.25, 0.3) is 0 Å². The van der Waals surface area contributed by atoms with Crippen molar-refractivity contribution in [3.05, 3.63) is 0 Å². The molecule has 1 heterocycles. The summed E-state index contributed by atoms with van der Waals surface area (Å²) in [6.07, 6.45) is 0. The maximum absolute atomic E-state index is 12.6. The van der Waals surface area contributed by atoms with E-state index in [9.17, 15) is 4.79 Å². The van der Waals surface area contributed by atoms with E-state index in [1.807, 2.05) is 4.90 Å². The minimum absolute atomic E-state index is 0.0743. The molecule has 0 unspecified atom stereocenters. The second-order valence-corrected chi connectivity index (χ2v) is 8.42. The fraction of sp³-hybridized carbons (Fsp3) is 0.941. The quantitative estimate of drug-likeness (QED) is 0.843. The van der Waals surface area contributed by atoms with Gasteiger partial charge in [0.2, 0.25) is 0 Å². The highest BCUT2D eigenvalue weighted by Crippen LogP contribution is 2.16. The van der Waals surface area contributed by atoms with E-state index in [-0.39, 0.29) is 11.4 Å². The number of carbonyl (C=O) groups excluding carboxylic acids is 1. The minimum Gasteiger partial charge on any atom is -0.336 e. The Kier molecular flexibility index (Phi) is 7.13. The Morgan fingerprint density at radius 3 is 2.45 bits per heavy atom. The fourth-order valence-electron chi connectivity index (χ4n) is 2.87. The summed E-state index contributed by atoms with van der Waals surface area (Å²) >= 11 is 0. The second kappa shape index (κ2) is 8.16. The van der Waals surface area contributed by atoms with Gasteiger partial charge in [0.1, 0.15) is 0 Å². The molecule has 130 valence electrons. The molecule has 1 aliphatic rings. The van der Waals surface area contributed by atoms with Gasteiger partial charge in [-0.15, -0.1) is 0 Å². The smallest absolute Gasteiger partial charge is 0.317 e. The van der Waals surface area contributed by atoms with Crippen LogP contribution in [0, 0.1) is 11.3 Å². The molecule has 0 aliphatic carbocycles. The third-order valence-electron chi connectivity index (χ3n) is 4.01. The zero-order valence-corrected chi connectivity index (χ0v) is 15.6. The predicted molar refractivity (Wildman–Crippen MR) is 93.2 cm³/mol. The van der Waals surface area contributed by atoms with Crippen molar-refractivity contribution >= 4 is 6.03 Å². The first-order valence-corrected chi connectivity index (χ1v) is 8.50. The van der Waals surface area contributed by atoms with E-state index in [1.54, 1.807) is 0 Å². The summed E-state index contributed by atoms with van der Waals surface area (Å²) in [6, 6.07) is 0.475. The van der Waals surface area contributed by atoms with Gasteiger partial charge in [0.15, 0.2) is 0 Å². The summed E-state index contributed by atoms with van der Waals surface area (Å²) in [6.45, 7) is 16.4. The Hall–Kier alpha value is -0.810. The van der Waals surface area contributed by atoms with Crippen molar-refractivity contribution in [1.82, 2.24) is 20.0 Å². The highest BCUT2D eigenvalue weighted by molar-refractivity contribution is 5.74.